The zero-order chi connectivity index (χ0) is 74.4. The highest BCUT2D eigenvalue weighted by Crippen LogP contribution is 2.45. The lowest BCUT2D eigenvalue weighted by molar-refractivity contribution is -0.161. The molecule has 3 N–H and O–H groups in total. The average molecular weight is 1480 g/mol. The van der Waals surface area contributed by atoms with E-state index in [0.717, 1.165) is 114 Å². The Morgan fingerprint density at radius 1 is 0.287 bits per heavy atom. The van der Waals surface area contributed by atoms with Crippen LogP contribution >= 0.6 is 15.6 Å². The Morgan fingerprint density at radius 2 is 0.505 bits per heavy atom. The van der Waals surface area contributed by atoms with Crippen LogP contribution in [0.25, 0.3) is 0 Å². The van der Waals surface area contributed by atoms with Crippen molar-refractivity contribution in [2.75, 3.05) is 39.6 Å². The van der Waals surface area contributed by atoms with Crippen molar-refractivity contribution in [1.29, 1.82) is 0 Å². The number of aliphatic hydroxyl groups is 1. The fraction of sp³-hybridized carbons (Fsp3) is 0.951. The Balaban J connectivity index is 5.21. The van der Waals surface area contributed by atoms with Crippen molar-refractivity contribution < 1.29 is 80.2 Å². The van der Waals surface area contributed by atoms with Crippen molar-refractivity contribution in [2.45, 2.75) is 446 Å². The molecule has 0 aromatic rings. The van der Waals surface area contributed by atoms with Crippen molar-refractivity contribution in [1.82, 2.24) is 0 Å². The molecule has 0 aromatic heterocycles. The Kier molecular flexibility index (Phi) is 70.9. The second kappa shape index (κ2) is 72.3. The molecule has 0 aliphatic carbocycles. The van der Waals surface area contributed by atoms with Crippen LogP contribution in [-0.2, 0) is 65.4 Å². The maximum absolute atomic E-state index is 13.1. The number of carbonyl (C=O) groups excluding carboxylic acids is 4. The smallest absolute Gasteiger partial charge is 0.462 e. The van der Waals surface area contributed by atoms with Gasteiger partial charge in [0.05, 0.1) is 26.4 Å². The van der Waals surface area contributed by atoms with Crippen LogP contribution in [0, 0.1) is 17.8 Å². The van der Waals surface area contributed by atoms with E-state index in [1.165, 1.54) is 231 Å². The summed E-state index contributed by atoms with van der Waals surface area (Å²) >= 11 is 0. The van der Waals surface area contributed by atoms with Gasteiger partial charge in [0.15, 0.2) is 12.2 Å². The van der Waals surface area contributed by atoms with Crippen molar-refractivity contribution in [2.24, 2.45) is 17.8 Å². The lowest BCUT2D eigenvalue weighted by atomic mass is 9.99. The molecule has 0 radical (unpaired) electrons. The molecule has 0 saturated carbocycles. The number of aliphatic hydroxyl groups excluding tert-OH is 1. The van der Waals surface area contributed by atoms with Crippen LogP contribution in [0.15, 0.2) is 0 Å². The molecular weight excluding hydrogens is 1320 g/mol. The number of phosphoric ester groups is 2. The molecular formula is C82H160O17P2. The van der Waals surface area contributed by atoms with Gasteiger partial charge in [-0.25, -0.2) is 9.13 Å². The van der Waals surface area contributed by atoms with Crippen LogP contribution in [0.4, 0.5) is 0 Å². The second-order valence-electron chi connectivity index (χ2n) is 30.7. The Labute approximate surface area is 619 Å². The van der Waals surface area contributed by atoms with Crippen LogP contribution in [0.5, 0.6) is 0 Å². The molecule has 101 heavy (non-hydrogen) atoms. The van der Waals surface area contributed by atoms with E-state index in [0.29, 0.717) is 25.7 Å². The first-order valence-electron chi connectivity index (χ1n) is 42.4. The first kappa shape index (κ1) is 99.1. The predicted molar refractivity (Wildman–Crippen MR) is 414 cm³/mol. The fourth-order valence-electron chi connectivity index (χ4n) is 12.6. The van der Waals surface area contributed by atoms with E-state index in [-0.39, 0.29) is 25.7 Å². The van der Waals surface area contributed by atoms with Gasteiger partial charge in [0.1, 0.15) is 19.3 Å². The third-order valence-corrected chi connectivity index (χ3v) is 21.4. The summed E-state index contributed by atoms with van der Waals surface area (Å²) in [5.41, 5.74) is 0. The molecule has 0 fully saturated rings. The molecule has 0 spiro atoms. The van der Waals surface area contributed by atoms with Crippen molar-refractivity contribution in [3.8, 4) is 0 Å². The summed E-state index contributed by atoms with van der Waals surface area (Å²) in [5, 5.41) is 10.6. The summed E-state index contributed by atoms with van der Waals surface area (Å²) in [7, 11) is -9.92. The summed E-state index contributed by atoms with van der Waals surface area (Å²) in [4.78, 5) is 73.0. The first-order chi connectivity index (χ1) is 48.8. The molecule has 0 aliphatic heterocycles. The van der Waals surface area contributed by atoms with Crippen LogP contribution in [0.1, 0.15) is 427 Å². The maximum Gasteiger partial charge on any atom is 0.472 e. The van der Waals surface area contributed by atoms with Crippen LogP contribution < -0.4 is 0 Å². The average Bonchev–Trinajstić information content (AvgIpc) is 0.930. The summed E-state index contributed by atoms with van der Waals surface area (Å²) < 4.78 is 68.7. The van der Waals surface area contributed by atoms with Crippen molar-refractivity contribution >= 4 is 39.5 Å². The van der Waals surface area contributed by atoms with E-state index in [1.807, 2.05) is 0 Å². The van der Waals surface area contributed by atoms with E-state index in [9.17, 15) is 43.2 Å². The predicted octanol–water partition coefficient (Wildman–Crippen LogP) is 24.5. The van der Waals surface area contributed by atoms with Gasteiger partial charge >= 0.3 is 39.5 Å². The Morgan fingerprint density at radius 3 is 0.752 bits per heavy atom. The molecule has 0 amide bonds. The minimum absolute atomic E-state index is 0.107. The summed E-state index contributed by atoms with van der Waals surface area (Å²) in [5.74, 6) is 0.337. The minimum Gasteiger partial charge on any atom is -0.462 e. The molecule has 19 heteroatoms. The summed E-state index contributed by atoms with van der Waals surface area (Å²) in [6.07, 6.45) is 61.0. The van der Waals surface area contributed by atoms with Gasteiger partial charge in [0, 0.05) is 25.7 Å². The minimum atomic E-state index is -4.96. The molecule has 0 aliphatic rings. The molecule has 17 nitrogen and oxygen atoms in total. The van der Waals surface area contributed by atoms with Gasteiger partial charge in [0.2, 0.25) is 0 Å². The topological polar surface area (TPSA) is 237 Å². The zero-order valence-electron chi connectivity index (χ0n) is 66.4. The highest BCUT2D eigenvalue weighted by molar-refractivity contribution is 7.47. The molecule has 0 saturated heterocycles. The third-order valence-electron chi connectivity index (χ3n) is 19.5. The quantitative estimate of drug-likeness (QED) is 0.0222. The van der Waals surface area contributed by atoms with E-state index in [1.54, 1.807) is 0 Å². The fourth-order valence-corrected chi connectivity index (χ4v) is 14.2. The molecule has 0 heterocycles. The maximum atomic E-state index is 13.1. The number of hydrogen-bond donors (Lipinski definition) is 3. The number of carbonyl (C=O) groups is 4. The number of unbranched alkanes of at least 4 members (excludes halogenated alkanes) is 47. The lowest BCUT2D eigenvalue weighted by Crippen LogP contribution is -2.30. The van der Waals surface area contributed by atoms with E-state index in [2.05, 4.69) is 48.5 Å². The molecule has 0 bridgehead atoms. The number of ether oxygens (including phenoxy) is 4. The van der Waals surface area contributed by atoms with E-state index < -0.39 is 97.5 Å². The van der Waals surface area contributed by atoms with Crippen LogP contribution in [0.2, 0.25) is 0 Å². The van der Waals surface area contributed by atoms with Gasteiger partial charge < -0.3 is 33.8 Å². The van der Waals surface area contributed by atoms with Crippen LogP contribution in [-0.4, -0.2) is 96.7 Å². The third kappa shape index (κ3) is 74.7. The zero-order valence-corrected chi connectivity index (χ0v) is 68.2. The monoisotopic (exact) mass is 1480 g/mol. The van der Waals surface area contributed by atoms with Gasteiger partial charge in [-0.05, 0) is 43.4 Å². The lowest BCUT2D eigenvalue weighted by Gasteiger charge is -2.21. The molecule has 600 valence electrons. The molecule has 0 aromatic carbocycles. The Bertz CT molecular complexity index is 1960. The summed E-state index contributed by atoms with van der Waals surface area (Å²) in [6, 6.07) is 0. The van der Waals surface area contributed by atoms with Crippen LogP contribution in [0.3, 0.4) is 0 Å². The Hall–Kier alpha value is -1.94. The van der Waals surface area contributed by atoms with Gasteiger partial charge in [-0.2, -0.15) is 0 Å². The number of esters is 4. The van der Waals surface area contributed by atoms with Gasteiger partial charge in [-0.15, -0.1) is 0 Å². The number of rotatable bonds is 80. The molecule has 0 rings (SSSR count). The largest absolute Gasteiger partial charge is 0.472 e. The van der Waals surface area contributed by atoms with Gasteiger partial charge in [-0.1, -0.05) is 376 Å². The number of hydrogen-bond acceptors (Lipinski definition) is 15. The van der Waals surface area contributed by atoms with Gasteiger partial charge in [0.25, 0.3) is 0 Å². The molecule has 3 unspecified atom stereocenters. The van der Waals surface area contributed by atoms with E-state index in [4.69, 9.17) is 37.0 Å². The van der Waals surface area contributed by atoms with Gasteiger partial charge in [-0.3, -0.25) is 37.3 Å². The van der Waals surface area contributed by atoms with E-state index >= 15 is 0 Å². The summed E-state index contributed by atoms with van der Waals surface area (Å²) in [6.45, 7) is 12.0. The number of phosphoric acid groups is 2. The van der Waals surface area contributed by atoms with Crippen molar-refractivity contribution in [3.05, 3.63) is 0 Å². The standard InChI is InChI=1S/C82H160O17P2/c1-8-10-11-12-13-42-49-56-63-79(84)92-69-77(98-81(86)66-59-52-45-38-32-26-19-17-22-28-34-40-47-54-61-74(5)6)71-96-100(88,89)94-67-76(83)68-95-101(90,91)97-72-78(99-82(87)65-58-51-44-37-31-25-16-14-15-21-27-33-39-46-53-60-73(3)4)70-93-80(85)64-57-50-43-36-30-24-20-18-23-29-35-41-48-55-62-75(7)9-2/h73-78,83H,8-72H2,1-7H3,(H,88,89)(H,90,91)/t75?,76-,77+,78+/m0/s1. The highest BCUT2D eigenvalue weighted by atomic mass is 31.2. The normalized spacial score (nSPS) is 14.2. The second-order valence-corrected chi connectivity index (χ2v) is 33.6. The SMILES string of the molecule is CCCCCCCCCCC(=O)OC[C@H](COP(=O)(O)OC[C@H](O)COP(=O)(O)OC[C@@H](COC(=O)CCCCCCCCCCCCCCCCC(C)CC)OC(=O)CCCCCCCCCCCCCCCCCC(C)C)OC(=O)CCCCCCCCCCCCCCCCC(C)C. The molecule has 6 atom stereocenters. The highest BCUT2D eigenvalue weighted by Gasteiger charge is 2.30. The first-order valence-corrected chi connectivity index (χ1v) is 45.4. The van der Waals surface area contributed by atoms with Crippen molar-refractivity contribution in [3.63, 3.8) is 0 Å².